The summed E-state index contributed by atoms with van der Waals surface area (Å²) in [5, 5.41) is 4.54. The van der Waals surface area contributed by atoms with Crippen molar-refractivity contribution < 1.29 is 18.0 Å². The summed E-state index contributed by atoms with van der Waals surface area (Å²) in [4.78, 5) is 23.8. The zero-order valence-corrected chi connectivity index (χ0v) is 18.2. The van der Waals surface area contributed by atoms with Gasteiger partial charge in [-0.3, -0.25) is 19.4 Å². The minimum absolute atomic E-state index is 0.163. The highest BCUT2D eigenvalue weighted by atomic mass is 19.2. The van der Waals surface area contributed by atoms with Crippen LogP contribution < -0.4 is 5.59 Å². The van der Waals surface area contributed by atoms with Crippen molar-refractivity contribution >= 4 is 30.4 Å². The Balaban J connectivity index is 1.50. The molecule has 1 amide bonds. The van der Waals surface area contributed by atoms with Gasteiger partial charge in [0.15, 0.2) is 25.3 Å². The molecule has 5 rings (SSSR count). The van der Waals surface area contributed by atoms with Crippen LogP contribution in [-0.2, 0) is 13.5 Å². The number of hydrogen-bond acceptors (Lipinski definition) is 4. The van der Waals surface area contributed by atoms with E-state index in [1.165, 1.54) is 4.68 Å². The van der Waals surface area contributed by atoms with Crippen molar-refractivity contribution in [3.05, 3.63) is 70.8 Å². The minimum atomic E-state index is -1.50. The molecule has 0 unspecified atom stereocenters. The van der Waals surface area contributed by atoms with E-state index in [0.717, 1.165) is 23.3 Å². The summed E-state index contributed by atoms with van der Waals surface area (Å²) in [6.07, 6.45) is 2.10. The average molecular weight is 449 g/mol. The molecule has 1 aliphatic heterocycles. The van der Waals surface area contributed by atoms with Crippen LogP contribution in [0.5, 0.6) is 0 Å². The molecule has 1 atom stereocenters. The number of hydrogen-bond donors (Lipinski definition) is 0. The highest BCUT2D eigenvalue weighted by molar-refractivity contribution is 6.30. The predicted octanol–water partition coefficient (Wildman–Crippen LogP) is 2.47. The van der Waals surface area contributed by atoms with Crippen molar-refractivity contribution in [3.63, 3.8) is 0 Å². The van der Waals surface area contributed by atoms with Crippen LogP contribution in [0.15, 0.2) is 36.5 Å². The Labute approximate surface area is 188 Å². The summed E-state index contributed by atoms with van der Waals surface area (Å²) < 4.78 is 42.7. The van der Waals surface area contributed by atoms with Crippen molar-refractivity contribution in [2.24, 2.45) is 7.05 Å². The summed E-state index contributed by atoms with van der Waals surface area (Å²) in [6, 6.07) is 6.80. The number of benzene rings is 2. The maximum atomic E-state index is 13.9. The first-order valence-electron chi connectivity index (χ1n) is 10.5. The van der Waals surface area contributed by atoms with Crippen LogP contribution in [0.1, 0.15) is 34.6 Å². The Kier molecular flexibility index (Phi) is 4.95. The number of carbonyl (C=O) groups excluding carboxylic acids is 1. The molecule has 0 spiro atoms. The zero-order chi connectivity index (χ0) is 23.4. The topological polar surface area (TPSA) is 63.9 Å². The van der Waals surface area contributed by atoms with E-state index in [1.54, 1.807) is 36.3 Å². The maximum Gasteiger partial charge on any atom is 0.254 e. The van der Waals surface area contributed by atoms with Crippen molar-refractivity contribution in [1.29, 1.82) is 0 Å². The minimum Gasteiger partial charge on any atom is -0.330 e. The molecule has 3 heterocycles. The first-order chi connectivity index (χ1) is 15.7. The third kappa shape index (κ3) is 3.46. The molecular formula is C23H19BF3N5O. The van der Waals surface area contributed by atoms with Crippen LogP contribution in [0, 0.1) is 17.5 Å². The standard InChI is InChI=1S/C23H19BF3N5O/c1-11-21-14(22(31(2)30-21)13-7-15(25)20(27)16(26)8-13)5-6-32(11)23(33)12-3-4-17-18(9-12)28-10-19(24)29-17/h3-4,7-11H,5-6,24H2,1-2H3/t11-/m0/s1. The quantitative estimate of drug-likeness (QED) is 0.349. The molecule has 166 valence electrons. The van der Waals surface area contributed by atoms with Gasteiger partial charge in [-0.05, 0) is 43.7 Å². The molecule has 2 aromatic carbocycles. The molecule has 4 aromatic rings. The van der Waals surface area contributed by atoms with Crippen molar-refractivity contribution in [2.45, 2.75) is 19.4 Å². The van der Waals surface area contributed by atoms with Crippen molar-refractivity contribution in [2.75, 3.05) is 6.54 Å². The molecule has 33 heavy (non-hydrogen) atoms. The number of rotatable bonds is 2. The normalized spacial score (nSPS) is 15.7. The largest absolute Gasteiger partial charge is 0.330 e. The van der Waals surface area contributed by atoms with E-state index in [4.69, 9.17) is 0 Å². The molecule has 0 aliphatic carbocycles. The Morgan fingerprint density at radius 1 is 1.12 bits per heavy atom. The van der Waals surface area contributed by atoms with Gasteiger partial charge >= 0.3 is 0 Å². The Morgan fingerprint density at radius 3 is 2.58 bits per heavy atom. The molecule has 0 fully saturated rings. The smallest absolute Gasteiger partial charge is 0.254 e. The van der Waals surface area contributed by atoms with Crippen LogP contribution in [0.4, 0.5) is 13.2 Å². The second kappa shape index (κ2) is 7.72. The van der Waals surface area contributed by atoms with E-state index < -0.39 is 17.5 Å². The number of amides is 1. The summed E-state index contributed by atoms with van der Waals surface area (Å²) in [6.45, 7) is 2.26. The molecule has 2 aromatic heterocycles. The molecule has 0 radical (unpaired) electrons. The lowest BCUT2D eigenvalue weighted by Crippen LogP contribution is -2.38. The highest BCUT2D eigenvalue weighted by Gasteiger charge is 2.33. The fraction of sp³-hybridized carbons (Fsp3) is 0.217. The second-order valence-electron chi connectivity index (χ2n) is 8.23. The summed E-state index contributed by atoms with van der Waals surface area (Å²) in [5.74, 6) is -4.18. The van der Waals surface area contributed by atoms with Gasteiger partial charge in [-0.2, -0.15) is 5.10 Å². The fourth-order valence-electron chi connectivity index (χ4n) is 4.48. The summed E-state index contributed by atoms with van der Waals surface area (Å²) in [7, 11) is 3.52. The van der Waals surface area contributed by atoms with Crippen LogP contribution in [-0.4, -0.2) is 44.9 Å². The summed E-state index contributed by atoms with van der Waals surface area (Å²) >= 11 is 0. The van der Waals surface area contributed by atoms with Gasteiger partial charge in [0.2, 0.25) is 0 Å². The molecular weight excluding hydrogens is 430 g/mol. The van der Waals surface area contributed by atoms with Gasteiger partial charge in [0.25, 0.3) is 5.91 Å². The first-order valence-corrected chi connectivity index (χ1v) is 10.5. The molecule has 6 nitrogen and oxygen atoms in total. The van der Waals surface area contributed by atoms with Gasteiger partial charge in [-0.25, -0.2) is 13.2 Å². The van der Waals surface area contributed by atoms with E-state index in [9.17, 15) is 18.0 Å². The number of aryl methyl sites for hydroxylation is 1. The number of halogens is 3. The third-order valence-corrected chi connectivity index (χ3v) is 6.07. The Bertz CT molecular complexity index is 1410. The van der Waals surface area contributed by atoms with Crippen LogP contribution in [0.2, 0.25) is 0 Å². The van der Waals surface area contributed by atoms with Crippen LogP contribution in [0.3, 0.4) is 0 Å². The lowest BCUT2D eigenvalue weighted by Gasteiger charge is -2.33. The van der Waals surface area contributed by atoms with Gasteiger partial charge in [0.05, 0.1) is 28.5 Å². The number of nitrogens with zero attached hydrogens (tertiary/aromatic N) is 5. The van der Waals surface area contributed by atoms with E-state index >= 15 is 0 Å². The number of carbonyl (C=O) groups is 1. The third-order valence-electron chi connectivity index (χ3n) is 6.07. The number of fused-ring (bicyclic) bond motifs is 2. The van der Waals surface area contributed by atoms with Crippen molar-refractivity contribution in [3.8, 4) is 11.3 Å². The van der Waals surface area contributed by atoms with E-state index in [1.807, 2.05) is 14.8 Å². The van der Waals surface area contributed by atoms with Crippen molar-refractivity contribution in [1.82, 2.24) is 24.6 Å². The van der Waals surface area contributed by atoms with Gasteiger partial charge in [0, 0.05) is 42.1 Å². The molecule has 0 bridgehead atoms. The predicted molar refractivity (Wildman–Crippen MR) is 119 cm³/mol. The average Bonchev–Trinajstić information content (AvgIpc) is 3.13. The fourth-order valence-corrected chi connectivity index (χ4v) is 4.48. The van der Waals surface area contributed by atoms with Gasteiger partial charge in [-0.15, -0.1) is 0 Å². The van der Waals surface area contributed by atoms with E-state index in [0.29, 0.717) is 41.0 Å². The second-order valence-corrected chi connectivity index (χ2v) is 8.23. The van der Waals surface area contributed by atoms with E-state index in [2.05, 4.69) is 15.1 Å². The monoisotopic (exact) mass is 449 g/mol. The van der Waals surface area contributed by atoms with Gasteiger partial charge < -0.3 is 4.90 Å². The summed E-state index contributed by atoms with van der Waals surface area (Å²) in [5.41, 5.74) is 4.80. The van der Waals surface area contributed by atoms with Crippen LogP contribution in [0.25, 0.3) is 22.3 Å². The molecule has 1 aliphatic rings. The molecule has 0 saturated heterocycles. The molecule has 10 heteroatoms. The molecule has 0 N–H and O–H groups in total. The van der Waals surface area contributed by atoms with Gasteiger partial charge in [-0.1, -0.05) is 0 Å². The number of aromatic nitrogens is 4. The first kappa shape index (κ1) is 21.2. The maximum absolute atomic E-state index is 13.9. The zero-order valence-electron chi connectivity index (χ0n) is 18.2. The Morgan fingerprint density at radius 2 is 1.85 bits per heavy atom. The van der Waals surface area contributed by atoms with Crippen LogP contribution >= 0.6 is 0 Å². The van der Waals surface area contributed by atoms with E-state index in [-0.39, 0.29) is 17.5 Å². The lowest BCUT2D eigenvalue weighted by molar-refractivity contribution is 0.0674. The Hall–Kier alpha value is -3.69. The van der Waals surface area contributed by atoms with Gasteiger partial charge in [0.1, 0.15) is 0 Å². The lowest BCUT2D eigenvalue weighted by atomic mass is 9.95. The highest BCUT2D eigenvalue weighted by Crippen LogP contribution is 2.36. The molecule has 0 saturated carbocycles. The SMILES string of the molecule is Bc1cnc2cc(C(=O)N3CCc4c(nn(C)c4-c4cc(F)c(F)c(F)c4)[C@@H]3C)ccc2n1.